The highest BCUT2D eigenvalue weighted by Gasteiger charge is 2.32. The molecule has 1 N–H and O–H groups in total. The van der Waals surface area contributed by atoms with Gasteiger partial charge in [0.15, 0.2) is 0 Å². The largest absolute Gasteiger partial charge is 0.444 e. The highest BCUT2D eigenvalue weighted by molar-refractivity contribution is 5.81. The summed E-state index contributed by atoms with van der Waals surface area (Å²) in [5.74, 6) is 0.181. The normalized spacial score (nSPS) is 23.7. The summed E-state index contributed by atoms with van der Waals surface area (Å²) < 4.78 is 5.40. The molecule has 0 radical (unpaired) electrons. The van der Waals surface area contributed by atoms with E-state index in [9.17, 15) is 9.59 Å². The van der Waals surface area contributed by atoms with Crippen LogP contribution in [0, 0.1) is 0 Å². The number of rotatable bonds is 3. The van der Waals surface area contributed by atoms with E-state index in [0.717, 1.165) is 32.4 Å². The van der Waals surface area contributed by atoms with Crippen LogP contribution in [-0.4, -0.2) is 65.7 Å². The molecule has 2 saturated heterocycles. The summed E-state index contributed by atoms with van der Waals surface area (Å²) in [6.07, 6.45) is 4.02. The van der Waals surface area contributed by atoms with Crippen molar-refractivity contribution in [1.82, 2.24) is 15.1 Å². The van der Waals surface area contributed by atoms with Gasteiger partial charge in [-0.25, -0.2) is 4.79 Å². The number of carbonyl (C=O) groups excluding carboxylic acids is 2. The SMILES string of the molecule is CC(NC1CCN(C(=O)OC(C)(C)C)C1)C(=O)N1CCCCC1. The van der Waals surface area contributed by atoms with E-state index in [-0.39, 0.29) is 24.1 Å². The summed E-state index contributed by atoms with van der Waals surface area (Å²) in [6.45, 7) is 10.6. The van der Waals surface area contributed by atoms with Crippen molar-refractivity contribution in [3.05, 3.63) is 0 Å². The molecule has 0 saturated carbocycles. The standard InChI is InChI=1S/C17H31N3O3/c1-13(15(21)19-9-6-5-7-10-19)18-14-8-11-20(12-14)16(22)23-17(2,3)4/h13-14,18H,5-12H2,1-4H3. The Morgan fingerprint density at radius 3 is 2.35 bits per heavy atom. The molecule has 0 bridgehead atoms. The number of hydrogen-bond donors (Lipinski definition) is 1. The van der Waals surface area contributed by atoms with Crippen molar-refractivity contribution in [3.63, 3.8) is 0 Å². The lowest BCUT2D eigenvalue weighted by atomic mass is 10.1. The molecule has 2 unspecified atom stereocenters. The van der Waals surface area contributed by atoms with Crippen LogP contribution in [0.1, 0.15) is 53.4 Å². The van der Waals surface area contributed by atoms with Crippen LogP contribution in [0.2, 0.25) is 0 Å². The molecule has 6 heteroatoms. The predicted octanol–water partition coefficient (Wildman–Crippen LogP) is 1.99. The Bertz CT molecular complexity index is 427. The number of amides is 2. The lowest BCUT2D eigenvalue weighted by Gasteiger charge is -2.30. The minimum Gasteiger partial charge on any atom is -0.444 e. The minimum atomic E-state index is -0.472. The number of nitrogens with zero attached hydrogens (tertiary/aromatic N) is 2. The quantitative estimate of drug-likeness (QED) is 0.862. The molecule has 6 nitrogen and oxygen atoms in total. The van der Waals surface area contributed by atoms with Gasteiger partial charge in [0.05, 0.1) is 6.04 Å². The van der Waals surface area contributed by atoms with Crippen LogP contribution in [0.25, 0.3) is 0 Å². The average Bonchev–Trinajstić information content (AvgIpc) is 2.94. The fourth-order valence-electron chi connectivity index (χ4n) is 3.20. The fourth-order valence-corrected chi connectivity index (χ4v) is 3.20. The zero-order chi connectivity index (χ0) is 17.0. The van der Waals surface area contributed by atoms with E-state index in [2.05, 4.69) is 5.32 Å². The van der Waals surface area contributed by atoms with Crippen molar-refractivity contribution in [3.8, 4) is 0 Å². The zero-order valence-corrected chi connectivity index (χ0v) is 14.9. The van der Waals surface area contributed by atoms with Crippen molar-refractivity contribution in [2.75, 3.05) is 26.2 Å². The van der Waals surface area contributed by atoms with Crippen LogP contribution in [0.3, 0.4) is 0 Å². The van der Waals surface area contributed by atoms with E-state index >= 15 is 0 Å². The number of likely N-dealkylation sites (tertiary alicyclic amines) is 2. The minimum absolute atomic E-state index is 0.159. The molecule has 0 aliphatic carbocycles. The molecular weight excluding hydrogens is 294 g/mol. The number of nitrogens with one attached hydrogen (secondary N) is 1. The Balaban J connectivity index is 1.78. The third kappa shape index (κ3) is 5.37. The third-order valence-electron chi connectivity index (χ3n) is 4.36. The molecule has 2 rings (SSSR count). The maximum atomic E-state index is 12.4. The van der Waals surface area contributed by atoms with Gasteiger partial charge >= 0.3 is 6.09 Å². The van der Waals surface area contributed by atoms with Gasteiger partial charge in [-0.05, 0) is 53.4 Å². The zero-order valence-electron chi connectivity index (χ0n) is 14.9. The van der Waals surface area contributed by atoms with Crippen LogP contribution >= 0.6 is 0 Å². The molecule has 2 aliphatic rings. The molecule has 0 spiro atoms. The highest BCUT2D eigenvalue weighted by atomic mass is 16.6. The molecule has 2 fully saturated rings. The molecule has 0 aromatic carbocycles. The van der Waals surface area contributed by atoms with Crippen LogP contribution in [0.4, 0.5) is 4.79 Å². The Labute approximate surface area is 139 Å². The smallest absolute Gasteiger partial charge is 0.410 e. The van der Waals surface area contributed by atoms with Crippen molar-refractivity contribution in [2.45, 2.75) is 71.1 Å². The number of ether oxygens (including phenoxy) is 1. The lowest BCUT2D eigenvalue weighted by molar-refractivity contribution is -0.134. The molecule has 2 heterocycles. The van der Waals surface area contributed by atoms with E-state index in [0.29, 0.717) is 13.1 Å². The monoisotopic (exact) mass is 325 g/mol. The van der Waals surface area contributed by atoms with Gasteiger partial charge in [0, 0.05) is 32.2 Å². The second-order valence-corrected chi connectivity index (χ2v) is 7.69. The maximum absolute atomic E-state index is 12.4. The van der Waals surface area contributed by atoms with Crippen LogP contribution < -0.4 is 5.32 Å². The third-order valence-corrected chi connectivity index (χ3v) is 4.36. The number of carbonyl (C=O) groups is 2. The summed E-state index contributed by atoms with van der Waals surface area (Å²) in [6, 6.07) is -0.0389. The number of piperidine rings is 1. The van der Waals surface area contributed by atoms with Crippen molar-refractivity contribution in [2.24, 2.45) is 0 Å². The average molecular weight is 325 g/mol. The highest BCUT2D eigenvalue weighted by Crippen LogP contribution is 2.16. The van der Waals surface area contributed by atoms with E-state index < -0.39 is 5.60 Å². The molecule has 132 valence electrons. The van der Waals surface area contributed by atoms with Gasteiger partial charge in [-0.3, -0.25) is 4.79 Å². The number of hydrogen-bond acceptors (Lipinski definition) is 4. The first-order chi connectivity index (χ1) is 10.8. The van der Waals surface area contributed by atoms with Gasteiger partial charge in [0.25, 0.3) is 0 Å². The van der Waals surface area contributed by atoms with Crippen LogP contribution in [0.5, 0.6) is 0 Å². The second kappa shape index (κ2) is 7.51. The van der Waals surface area contributed by atoms with Gasteiger partial charge in [-0.2, -0.15) is 0 Å². The van der Waals surface area contributed by atoms with Crippen molar-refractivity contribution < 1.29 is 14.3 Å². The fraction of sp³-hybridized carbons (Fsp3) is 0.882. The summed E-state index contributed by atoms with van der Waals surface area (Å²) >= 11 is 0. The van der Waals surface area contributed by atoms with Gasteiger partial charge in [-0.15, -0.1) is 0 Å². The maximum Gasteiger partial charge on any atom is 0.410 e. The Morgan fingerprint density at radius 1 is 1.09 bits per heavy atom. The van der Waals surface area contributed by atoms with E-state index in [4.69, 9.17) is 4.74 Å². The first-order valence-electron chi connectivity index (χ1n) is 8.79. The first kappa shape index (κ1) is 18.0. The molecule has 0 aromatic heterocycles. The Kier molecular flexibility index (Phi) is 5.89. The van der Waals surface area contributed by atoms with Crippen LogP contribution in [-0.2, 0) is 9.53 Å². The summed E-state index contributed by atoms with van der Waals surface area (Å²) in [7, 11) is 0. The summed E-state index contributed by atoms with van der Waals surface area (Å²) in [5, 5.41) is 3.38. The van der Waals surface area contributed by atoms with Gasteiger partial charge < -0.3 is 19.9 Å². The molecule has 0 aromatic rings. The predicted molar refractivity (Wildman–Crippen MR) is 89.2 cm³/mol. The summed E-state index contributed by atoms with van der Waals surface area (Å²) in [5.41, 5.74) is -0.472. The van der Waals surface area contributed by atoms with Crippen LogP contribution in [0.15, 0.2) is 0 Å². The molecule has 2 amide bonds. The topological polar surface area (TPSA) is 61.9 Å². The second-order valence-electron chi connectivity index (χ2n) is 7.69. The van der Waals surface area contributed by atoms with Gasteiger partial charge in [0.2, 0.25) is 5.91 Å². The Morgan fingerprint density at radius 2 is 1.74 bits per heavy atom. The lowest BCUT2D eigenvalue weighted by Crippen LogP contribution is -2.50. The van der Waals surface area contributed by atoms with E-state index in [1.807, 2.05) is 32.6 Å². The van der Waals surface area contributed by atoms with Gasteiger partial charge in [-0.1, -0.05) is 0 Å². The van der Waals surface area contributed by atoms with Crippen molar-refractivity contribution >= 4 is 12.0 Å². The van der Waals surface area contributed by atoms with E-state index in [1.54, 1.807) is 4.90 Å². The Hall–Kier alpha value is -1.30. The van der Waals surface area contributed by atoms with Gasteiger partial charge in [0.1, 0.15) is 5.60 Å². The molecule has 2 aliphatic heterocycles. The summed E-state index contributed by atoms with van der Waals surface area (Å²) in [4.78, 5) is 28.2. The van der Waals surface area contributed by atoms with Crippen molar-refractivity contribution in [1.29, 1.82) is 0 Å². The molecular formula is C17H31N3O3. The first-order valence-corrected chi connectivity index (χ1v) is 8.79. The van der Waals surface area contributed by atoms with E-state index in [1.165, 1.54) is 6.42 Å². The molecule has 23 heavy (non-hydrogen) atoms. The molecule has 2 atom stereocenters.